The van der Waals surface area contributed by atoms with Gasteiger partial charge in [0.15, 0.2) is 0 Å². The minimum atomic E-state index is -0.812. The highest BCUT2D eigenvalue weighted by molar-refractivity contribution is 5.78. The lowest BCUT2D eigenvalue weighted by Gasteiger charge is -2.35. The lowest BCUT2D eigenvalue weighted by Crippen LogP contribution is -2.50. The van der Waals surface area contributed by atoms with Gasteiger partial charge in [-0.3, -0.25) is 19.4 Å². The second-order valence-corrected chi connectivity index (χ2v) is 12.1. The summed E-state index contributed by atoms with van der Waals surface area (Å²) in [5.41, 5.74) is -0.0185. The summed E-state index contributed by atoms with van der Waals surface area (Å²) in [7, 11) is 1.22. The van der Waals surface area contributed by atoms with Crippen LogP contribution in [0.25, 0.3) is 0 Å². The largest absolute Gasteiger partial charge is 0.345 e. The molecule has 1 aliphatic heterocycles. The van der Waals surface area contributed by atoms with Gasteiger partial charge in [0, 0.05) is 51.5 Å². The van der Waals surface area contributed by atoms with Crippen LogP contribution in [0.2, 0.25) is 0 Å². The van der Waals surface area contributed by atoms with E-state index in [0.29, 0.717) is 52.0 Å². The van der Waals surface area contributed by atoms with Crippen LogP contribution in [0.4, 0.5) is 0 Å². The molecule has 38 heavy (non-hydrogen) atoms. The third kappa shape index (κ3) is 14.6. The molecule has 0 spiro atoms. The van der Waals surface area contributed by atoms with Crippen LogP contribution in [-0.2, 0) is 38.7 Å². The summed E-state index contributed by atoms with van der Waals surface area (Å²) in [4.78, 5) is 71.8. The van der Waals surface area contributed by atoms with E-state index in [-0.39, 0.29) is 41.5 Å². The number of amides is 2. The molecule has 1 rings (SSSR count). The van der Waals surface area contributed by atoms with Crippen LogP contribution in [0.5, 0.6) is 0 Å². The number of carbonyl (C=O) groups is 4. The van der Waals surface area contributed by atoms with E-state index < -0.39 is 18.0 Å². The van der Waals surface area contributed by atoms with Gasteiger partial charge in [-0.25, -0.2) is 9.59 Å². The Morgan fingerprint density at radius 2 is 1.39 bits per heavy atom. The van der Waals surface area contributed by atoms with Crippen molar-refractivity contribution in [2.24, 2.45) is 11.3 Å². The summed E-state index contributed by atoms with van der Waals surface area (Å²) in [6.07, 6.45) is 1.55. The van der Waals surface area contributed by atoms with Crippen molar-refractivity contribution in [2.75, 3.05) is 39.8 Å². The molecular weight excluding hydrogens is 494 g/mol. The maximum atomic E-state index is 13.1. The van der Waals surface area contributed by atoms with Crippen molar-refractivity contribution in [1.82, 2.24) is 15.1 Å². The fourth-order valence-electron chi connectivity index (χ4n) is 4.16. The first kappa shape index (κ1) is 33.8. The van der Waals surface area contributed by atoms with Crippen molar-refractivity contribution < 1.29 is 38.7 Å². The van der Waals surface area contributed by atoms with Gasteiger partial charge < -0.3 is 15.1 Å². The summed E-state index contributed by atoms with van der Waals surface area (Å²) >= 11 is 0. The molecule has 0 radical (unpaired) electrons. The fraction of sp³-hybridized carbons (Fsp3) is 0.852. The van der Waals surface area contributed by atoms with Gasteiger partial charge in [0.1, 0.15) is 6.10 Å². The van der Waals surface area contributed by atoms with Gasteiger partial charge in [0.05, 0.1) is 13.5 Å². The van der Waals surface area contributed by atoms with Crippen LogP contribution in [-0.4, -0.2) is 85.0 Å². The number of hydrogen-bond donors (Lipinski definition) is 1. The molecule has 1 unspecified atom stereocenters. The number of rotatable bonds is 14. The van der Waals surface area contributed by atoms with Crippen molar-refractivity contribution in [1.29, 1.82) is 0 Å². The molecule has 1 saturated heterocycles. The average molecular weight is 544 g/mol. The predicted molar refractivity (Wildman–Crippen MR) is 141 cm³/mol. The first-order valence-corrected chi connectivity index (χ1v) is 13.5. The Kier molecular flexibility index (Phi) is 14.2. The number of nitrogens with one attached hydrogen (secondary N) is 1. The molecule has 11 nitrogen and oxygen atoms in total. The highest BCUT2D eigenvalue weighted by Gasteiger charge is 2.31. The fourth-order valence-corrected chi connectivity index (χ4v) is 4.16. The van der Waals surface area contributed by atoms with E-state index in [4.69, 9.17) is 9.78 Å². The topological polar surface area (TPSA) is 124 Å². The molecule has 0 aromatic carbocycles. The number of piperazine rings is 1. The zero-order valence-electron chi connectivity index (χ0n) is 24.6. The number of carbonyl (C=O) groups excluding carboxylic acids is 4. The van der Waals surface area contributed by atoms with Crippen LogP contribution in [0, 0.1) is 11.3 Å². The zero-order valence-corrected chi connectivity index (χ0v) is 24.6. The van der Waals surface area contributed by atoms with Crippen LogP contribution < -0.4 is 5.32 Å². The van der Waals surface area contributed by atoms with E-state index in [1.54, 1.807) is 4.90 Å². The van der Waals surface area contributed by atoms with Crippen LogP contribution in [0.1, 0.15) is 87.0 Å². The second kappa shape index (κ2) is 16.0. The summed E-state index contributed by atoms with van der Waals surface area (Å²) in [6.45, 7) is 16.3. The molecule has 0 bridgehead atoms. The average Bonchev–Trinajstić information content (AvgIpc) is 2.81. The van der Waals surface area contributed by atoms with E-state index in [1.807, 2.05) is 25.7 Å². The number of nitrogens with zero attached hydrogens (tertiary/aromatic N) is 2. The summed E-state index contributed by atoms with van der Waals surface area (Å²) < 4.78 is 0. The van der Waals surface area contributed by atoms with Crippen molar-refractivity contribution in [3.8, 4) is 0 Å². The van der Waals surface area contributed by atoms with Gasteiger partial charge in [-0.05, 0) is 57.9 Å². The monoisotopic (exact) mass is 543 g/mol. The predicted octanol–water partition coefficient (Wildman–Crippen LogP) is 3.02. The van der Waals surface area contributed by atoms with E-state index in [1.165, 1.54) is 14.0 Å². The molecule has 2 atom stereocenters. The Labute approximate surface area is 227 Å². The smallest absolute Gasteiger partial charge is 0.339 e. The van der Waals surface area contributed by atoms with Gasteiger partial charge in [-0.15, -0.1) is 0 Å². The lowest BCUT2D eigenvalue weighted by atomic mass is 9.90. The molecule has 0 aliphatic carbocycles. The molecule has 0 aromatic rings. The van der Waals surface area contributed by atoms with Crippen molar-refractivity contribution in [2.45, 2.75) is 98.6 Å². The Morgan fingerprint density at radius 1 is 0.842 bits per heavy atom. The third-order valence-corrected chi connectivity index (χ3v) is 6.33. The maximum Gasteiger partial charge on any atom is 0.345 e. The molecule has 1 heterocycles. The van der Waals surface area contributed by atoms with E-state index >= 15 is 0 Å². The standard InChI is InChI=1S/C27H49N3O8/c1-20(31)36-37-22(19-25(34)38-35-8)21(12-14-28-27(5,6)7)9-10-23(32)29-15-17-30(18-16-29)24(33)11-13-26(2,3)4/h21-22,28H,9-19H2,1-8H3/t21?,22-/m0/s1. The van der Waals surface area contributed by atoms with Crippen LogP contribution in [0.15, 0.2) is 0 Å². The highest BCUT2D eigenvalue weighted by Crippen LogP contribution is 2.24. The summed E-state index contributed by atoms with van der Waals surface area (Å²) in [6, 6.07) is 0. The molecule has 0 aromatic heterocycles. The first-order chi connectivity index (χ1) is 17.6. The van der Waals surface area contributed by atoms with E-state index in [0.717, 1.165) is 6.42 Å². The normalized spacial score (nSPS) is 16.1. The maximum absolute atomic E-state index is 13.1. The van der Waals surface area contributed by atoms with E-state index in [9.17, 15) is 19.2 Å². The zero-order chi connectivity index (χ0) is 28.9. The SMILES string of the molecule is COOC(=O)C[C@H](OOC(C)=O)C(CCNC(C)(C)C)CCC(=O)N1CCN(C(=O)CCC(C)(C)C)CC1. The van der Waals surface area contributed by atoms with Crippen LogP contribution >= 0.6 is 0 Å². The van der Waals surface area contributed by atoms with Crippen molar-refractivity contribution >= 4 is 23.8 Å². The van der Waals surface area contributed by atoms with Gasteiger partial charge in [-0.2, -0.15) is 9.78 Å². The minimum Gasteiger partial charge on any atom is -0.339 e. The Bertz CT molecular complexity index is 767. The molecule has 2 amide bonds. The quantitative estimate of drug-likeness (QED) is 0.260. The summed E-state index contributed by atoms with van der Waals surface area (Å²) in [5, 5.41) is 3.40. The van der Waals surface area contributed by atoms with Gasteiger partial charge in [0.25, 0.3) is 0 Å². The molecule has 1 fully saturated rings. The van der Waals surface area contributed by atoms with Gasteiger partial charge in [0.2, 0.25) is 11.8 Å². The molecule has 220 valence electrons. The van der Waals surface area contributed by atoms with Crippen LogP contribution in [0.3, 0.4) is 0 Å². The molecular formula is C27H49N3O8. The Hall–Kier alpha value is -2.24. The van der Waals surface area contributed by atoms with Gasteiger partial charge >= 0.3 is 11.9 Å². The molecule has 0 saturated carbocycles. The summed E-state index contributed by atoms with van der Waals surface area (Å²) in [5.74, 6) is -1.49. The molecule has 11 heteroatoms. The third-order valence-electron chi connectivity index (χ3n) is 6.33. The minimum absolute atomic E-state index is 0.0220. The lowest BCUT2D eigenvalue weighted by molar-refractivity contribution is -0.311. The van der Waals surface area contributed by atoms with E-state index in [2.05, 4.69) is 35.9 Å². The Balaban J connectivity index is 2.77. The second-order valence-electron chi connectivity index (χ2n) is 12.1. The first-order valence-electron chi connectivity index (χ1n) is 13.5. The molecule has 1 N–H and O–H groups in total. The highest BCUT2D eigenvalue weighted by atomic mass is 17.2. The Morgan fingerprint density at radius 3 is 1.87 bits per heavy atom. The van der Waals surface area contributed by atoms with Crippen molar-refractivity contribution in [3.63, 3.8) is 0 Å². The molecule has 1 aliphatic rings. The number of hydrogen-bond acceptors (Lipinski definition) is 9. The van der Waals surface area contributed by atoms with Gasteiger partial charge in [-0.1, -0.05) is 20.8 Å². The van der Waals surface area contributed by atoms with Crippen molar-refractivity contribution in [3.05, 3.63) is 0 Å².